The molecule has 3 rings (SSSR count). The monoisotopic (exact) mass is 707 g/mol. The van der Waals surface area contributed by atoms with Crippen LogP contribution in [0.15, 0.2) is 36.5 Å². The van der Waals surface area contributed by atoms with Gasteiger partial charge in [0.25, 0.3) is 5.91 Å². The summed E-state index contributed by atoms with van der Waals surface area (Å²) in [5.74, 6) is -5.22. The van der Waals surface area contributed by atoms with E-state index in [0.29, 0.717) is 54.3 Å². The summed E-state index contributed by atoms with van der Waals surface area (Å²) in [5, 5.41) is 21.2. The Hall–Kier alpha value is -5.33. The van der Waals surface area contributed by atoms with Crippen LogP contribution < -0.4 is 31.6 Å². The molecular formula is C30H35F6N5O8. The Kier molecular flexibility index (Phi) is 15.6. The first-order valence-corrected chi connectivity index (χ1v) is 14.2. The van der Waals surface area contributed by atoms with E-state index in [-0.39, 0.29) is 11.5 Å². The number of carboxylic acids is 2. The lowest BCUT2D eigenvalue weighted by molar-refractivity contribution is -0.193. The lowest BCUT2D eigenvalue weighted by Gasteiger charge is -2.19. The minimum absolute atomic E-state index is 0.227. The topological polar surface area (TPSA) is 216 Å². The summed E-state index contributed by atoms with van der Waals surface area (Å²) in [7, 11) is 0. The highest BCUT2D eigenvalue weighted by molar-refractivity contribution is 6.08. The Morgan fingerprint density at radius 1 is 0.918 bits per heavy atom. The van der Waals surface area contributed by atoms with Crippen molar-refractivity contribution in [2.24, 2.45) is 11.5 Å². The van der Waals surface area contributed by atoms with E-state index in [2.05, 4.69) is 15.6 Å². The van der Waals surface area contributed by atoms with E-state index in [1.54, 1.807) is 13.0 Å². The number of benzene rings is 2. The van der Waals surface area contributed by atoms with Crippen LogP contribution in [0.1, 0.15) is 49.2 Å². The number of nitrogens with two attached hydrogens (primary N) is 2. The lowest BCUT2D eigenvalue weighted by Crippen LogP contribution is -2.38. The number of aromatic nitrogens is 1. The smallest absolute Gasteiger partial charge is 0.490 e. The molecule has 0 fully saturated rings. The molecule has 0 unspecified atom stereocenters. The number of amides is 2. The fourth-order valence-electron chi connectivity index (χ4n) is 3.87. The minimum atomic E-state index is -5.08. The van der Waals surface area contributed by atoms with Gasteiger partial charge in [-0.1, -0.05) is 19.1 Å². The first kappa shape index (κ1) is 41.7. The van der Waals surface area contributed by atoms with E-state index in [4.69, 9.17) is 40.7 Å². The number of alkyl halides is 6. The molecule has 0 aliphatic carbocycles. The molecule has 2 aromatic carbocycles. The number of hydrogen-bond donors (Lipinski definition) is 6. The predicted molar refractivity (Wildman–Crippen MR) is 165 cm³/mol. The van der Waals surface area contributed by atoms with Gasteiger partial charge in [0, 0.05) is 29.9 Å². The summed E-state index contributed by atoms with van der Waals surface area (Å²) >= 11 is 0. The van der Waals surface area contributed by atoms with E-state index in [9.17, 15) is 35.9 Å². The van der Waals surface area contributed by atoms with Gasteiger partial charge in [0.2, 0.25) is 5.91 Å². The summed E-state index contributed by atoms with van der Waals surface area (Å²) in [6, 6.07) is 8.77. The second kappa shape index (κ2) is 18.3. The maximum absolute atomic E-state index is 12.3. The number of carbonyl (C=O) groups excluding carboxylic acids is 2. The maximum Gasteiger partial charge on any atom is 0.490 e. The molecular weight excluding hydrogens is 672 g/mol. The van der Waals surface area contributed by atoms with Gasteiger partial charge in [0.05, 0.1) is 36.0 Å². The van der Waals surface area contributed by atoms with Crippen molar-refractivity contribution in [2.45, 2.75) is 59.1 Å². The Bertz CT molecular complexity index is 1610. The van der Waals surface area contributed by atoms with Crippen LogP contribution in [0.4, 0.5) is 37.7 Å². The number of anilines is 2. The van der Waals surface area contributed by atoms with Crippen molar-refractivity contribution >= 4 is 46.0 Å². The molecule has 0 saturated carbocycles. The number of halogens is 6. The zero-order chi connectivity index (χ0) is 37.7. The number of nitrogens with zero attached hydrogens (tertiary/aromatic N) is 1. The fraction of sp³-hybridized carbons (Fsp3) is 0.367. The van der Waals surface area contributed by atoms with Crippen molar-refractivity contribution in [2.75, 3.05) is 18.5 Å². The number of pyridine rings is 1. The van der Waals surface area contributed by atoms with Crippen molar-refractivity contribution in [1.82, 2.24) is 10.3 Å². The van der Waals surface area contributed by atoms with Gasteiger partial charge >= 0.3 is 24.3 Å². The normalized spacial score (nSPS) is 11.6. The molecule has 19 heteroatoms. The first-order chi connectivity index (χ1) is 22.7. The highest BCUT2D eigenvalue weighted by atomic mass is 19.4. The number of carbonyl (C=O) groups is 4. The van der Waals surface area contributed by atoms with Crippen LogP contribution in [0.3, 0.4) is 0 Å². The molecule has 8 N–H and O–H groups in total. The third-order valence-corrected chi connectivity index (χ3v) is 6.04. The lowest BCUT2D eigenvalue weighted by atomic mass is 10.0. The Morgan fingerprint density at radius 3 is 1.86 bits per heavy atom. The Labute approximate surface area is 275 Å². The second-order valence-electron chi connectivity index (χ2n) is 9.63. The molecule has 0 saturated heterocycles. The van der Waals surface area contributed by atoms with Crippen LogP contribution in [0, 0.1) is 0 Å². The molecule has 0 bridgehead atoms. The van der Waals surface area contributed by atoms with Gasteiger partial charge in [-0.15, -0.1) is 0 Å². The molecule has 0 radical (unpaired) electrons. The molecule has 0 aliphatic heterocycles. The highest BCUT2D eigenvalue weighted by Crippen LogP contribution is 2.38. The van der Waals surface area contributed by atoms with Crippen molar-refractivity contribution in [3.8, 4) is 11.5 Å². The summed E-state index contributed by atoms with van der Waals surface area (Å²) in [6.45, 7) is 8.71. The zero-order valence-corrected chi connectivity index (χ0v) is 26.6. The largest absolute Gasteiger partial charge is 0.490 e. The third-order valence-electron chi connectivity index (χ3n) is 6.04. The molecule has 1 heterocycles. The predicted octanol–water partition coefficient (Wildman–Crippen LogP) is 4.67. The molecule has 2 amide bonds. The number of nitrogens with one attached hydrogen (secondary N) is 2. The summed E-state index contributed by atoms with van der Waals surface area (Å²) in [5.41, 5.74) is 15.5. The SMILES string of the molecule is CCOc1cc2ncc(C(N)=O)c(Nc3cccc(CNC(=O)[C@H](C)N)c3CC)c2cc1OCC.O=C(O)C(F)(F)F.O=C(O)C(F)(F)F. The quantitative estimate of drug-likeness (QED) is 0.151. The second-order valence-corrected chi connectivity index (χ2v) is 9.63. The van der Waals surface area contributed by atoms with E-state index >= 15 is 0 Å². The maximum atomic E-state index is 12.3. The molecule has 1 aromatic heterocycles. The first-order valence-electron chi connectivity index (χ1n) is 14.2. The van der Waals surface area contributed by atoms with Gasteiger partial charge in [-0.3, -0.25) is 14.6 Å². The summed E-state index contributed by atoms with van der Waals surface area (Å²) in [6.07, 6.45) is -8.01. The standard InChI is InChI=1S/C26H33N5O4.2C2HF3O2/c1-5-17-16(13-30-26(33)15(4)27)9-8-10-20(17)31-24-18-11-22(34-6-2)23(35-7-3)12-21(18)29-14-19(24)25(28)32;2*3-2(4,5)1(6)7/h8-12,14-15H,5-7,13,27H2,1-4H3,(H2,28,32)(H,29,31)(H,30,33);2*(H,6,7)/t15-;;/m0../s1. The van der Waals surface area contributed by atoms with Crippen molar-refractivity contribution in [1.29, 1.82) is 0 Å². The van der Waals surface area contributed by atoms with Gasteiger partial charge in [0.15, 0.2) is 11.5 Å². The van der Waals surface area contributed by atoms with E-state index < -0.39 is 36.2 Å². The van der Waals surface area contributed by atoms with Gasteiger partial charge in [-0.05, 0) is 50.5 Å². The number of rotatable bonds is 11. The van der Waals surface area contributed by atoms with Crippen LogP contribution in [0.2, 0.25) is 0 Å². The van der Waals surface area contributed by atoms with Crippen LogP contribution in [0.5, 0.6) is 11.5 Å². The molecule has 3 aromatic rings. The van der Waals surface area contributed by atoms with Gasteiger partial charge in [0.1, 0.15) is 0 Å². The van der Waals surface area contributed by atoms with Crippen LogP contribution in [-0.2, 0) is 27.3 Å². The zero-order valence-electron chi connectivity index (χ0n) is 26.6. The number of carboxylic acid groups (broad SMARTS) is 2. The molecule has 1 atom stereocenters. The molecule has 270 valence electrons. The number of fused-ring (bicyclic) bond motifs is 1. The molecule has 13 nitrogen and oxygen atoms in total. The summed E-state index contributed by atoms with van der Waals surface area (Å²) in [4.78, 5) is 46.5. The average Bonchev–Trinajstić information content (AvgIpc) is 3.00. The Morgan fingerprint density at radius 2 is 1.43 bits per heavy atom. The number of ether oxygens (including phenoxy) is 2. The van der Waals surface area contributed by atoms with Gasteiger partial charge in [-0.2, -0.15) is 26.3 Å². The number of primary amides is 1. The van der Waals surface area contributed by atoms with Gasteiger partial charge < -0.3 is 41.8 Å². The van der Waals surface area contributed by atoms with Crippen LogP contribution in [0.25, 0.3) is 10.9 Å². The third kappa shape index (κ3) is 12.7. The minimum Gasteiger partial charge on any atom is -0.490 e. The van der Waals surface area contributed by atoms with Crippen molar-refractivity contribution < 1.29 is 65.2 Å². The average molecular weight is 708 g/mol. The Balaban J connectivity index is 0.000000717. The van der Waals surface area contributed by atoms with Gasteiger partial charge in [-0.25, -0.2) is 9.59 Å². The summed E-state index contributed by atoms with van der Waals surface area (Å²) < 4.78 is 75.0. The highest BCUT2D eigenvalue weighted by Gasteiger charge is 2.38. The molecule has 0 spiro atoms. The molecule has 49 heavy (non-hydrogen) atoms. The van der Waals surface area contributed by atoms with Crippen LogP contribution >= 0.6 is 0 Å². The van der Waals surface area contributed by atoms with Crippen LogP contribution in [-0.4, -0.2) is 70.6 Å². The van der Waals surface area contributed by atoms with E-state index in [1.807, 2.05) is 45.0 Å². The van der Waals surface area contributed by atoms with Crippen molar-refractivity contribution in [3.63, 3.8) is 0 Å². The number of aliphatic carboxylic acids is 2. The number of hydrogen-bond acceptors (Lipinski definition) is 9. The molecule has 0 aliphatic rings. The van der Waals surface area contributed by atoms with E-state index in [1.165, 1.54) is 6.20 Å². The van der Waals surface area contributed by atoms with Crippen molar-refractivity contribution in [3.05, 3.63) is 53.2 Å². The fourth-order valence-corrected chi connectivity index (χ4v) is 3.87. The van der Waals surface area contributed by atoms with E-state index in [0.717, 1.165) is 16.8 Å².